The maximum atomic E-state index is 13.2. The number of nitrogens with two attached hydrogens (primary N) is 1. The summed E-state index contributed by atoms with van der Waals surface area (Å²) < 4.78 is 43.4. The molecule has 7 nitrogen and oxygen atoms in total. The molecule has 0 aromatic carbocycles. The van der Waals surface area contributed by atoms with Crippen LogP contribution in [-0.4, -0.2) is 42.8 Å². The van der Waals surface area contributed by atoms with E-state index in [0.29, 0.717) is 16.7 Å². The molecule has 2 amide bonds. The number of rotatable bonds is 16. The molecule has 0 aliphatic heterocycles. The number of carbonyl (C=O) groups excluding carboxylic acids is 3. The number of nitrogens with one attached hydrogen (secondary N) is 2. The fourth-order valence-electron chi connectivity index (χ4n) is 3.91. The first kappa shape index (κ1) is 48.0. The maximum Gasteiger partial charge on any atom is 0.491 e. The van der Waals surface area contributed by atoms with E-state index in [0.717, 1.165) is 4.88 Å². The number of hydrogen-bond acceptors (Lipinski definition) is 6. The number of carbonyl (C=O) groups is 3. The van der Waals surface area contributed by atoms with Crippen molar-refractivity contribution < 1.29 is 32.3 Å². The first-order chi connectivity index (χ1) is 22.3. The van der Waals surface area contributed by atoms with Crippen LogP contribution in [-0.2, 0) is 25.5 Å². The van der Waals surface area contributed by atoms with Gasteiger partial charge in [-0.15, -0.1) is 11.3 Å². The average molecular weight is 686 g/mol. The van der Waals surface area contributed by atoms with Crippen LogP contribution in [0, 0.1) is 5.92 Å². The van der Waals surface area contributed by atoms with Crippen LogP contribution >= 0.6 is 11.3 Å². The van der Waals surface area contributed by atoms with Gasteiger partial charge >= 0.3 is 12.1 Å². The minimum absolute atomic E-state index is 0.00530. The van der Waals surface area contributed by atoms with E-state index >= 15 is 0 Å². The molecule has 0 saturated carbocycles. The van der Waals surface area contributed by atoms with Gasteiger partial charge in [-0.1, -0.05) is 116 Å². The molecule has 11 heteroatoms. The van der Waals surface area contributed by atoms with Crippen LogP contribution < -0.4 is 16.4 Å². The lowest BCUT2D eigenvalue weighted by molar-refractivity contribution is -0.206. The van der Waals surface area contributed by atoms with Crippen molar-refractivity contribution in [2.24, 2.45) is 11.7 Å². The largest absolute Gasteiger partial charge is 0.491 e. The Hall–Kier alpha value is -3.44. The molecular weight excluding hydrogens is 627 g/mol. The predicted octanol–water partition coefficient (Wildman–Crippen LogP) is 8.92. The summed E-state index contributed by atoms with van der Waals surface area (Å²) in [7, 11) is 0. The lowest BCUT2D eigenvalue weighted by Crippen LogP contribution is -2.53. The molecule has 0 radical (unpaired) electrons. The van der Waals surface area contributed by atoms with Crippen molar-refractivity contribution in [2.45, 2.75) is 113 Å². The number of halogens is 3. The summed E-state index contributed by atoms with van der Waals surface area (Å²) in [6, 6.07) is -1.21. The van der Waals surface area contributed by atoms with Crippen molar-refractivity contribution in [1.29, 1.82) is 0 Å². The Morgan fingerprint density at radius 2 is 1.66 bits per heavy atom. The second-order valence-corrected chi connectivity index (χ2v) is 10.4. The van der Waals surface area contributed by atoms with Gasteiger partial charge in [0.15, 0.2) is 6.23 Å². The van der Waals surface area contributed by atoms with Crippen molar-refractivity contribution in [3.05, 3.63) is 70.5 Å². The van der Waals surface area contributed by atoms with Crippen LogP contribution in [0.5, 0.6) is 0 Å². The molecule has 47 heavy (non-hydrogen) atoms. The maximum absolute atomic E-state index is 13.2. The van der Waals surface area contributed by atoms with Crippen LogP contribution in [0.25, 0.3) is 12.2 Å². The summed E-state index contributed by atoms with van der Waals surface area (Å²) in [5, 5.41) is 6.58. The number of amides is 2. The zero-order valence-corrected chi connectivity index (χ0v) is 30.6. The van der Waals surface area contributed by atoms with Crippen molar-refractivity contribution in [1.82, 2.24) is 10.6 Å². The molecule has 0 aliphatic carbocycles. The van der Waals surface area contributed by atoms with E-state index in [-0.39, 0.29) is 18.8 Å². The van der Waals surface area contributed by atoms with Crippen LogP contribution in [0.1, 0.15) is 104 Å². The molecule has 1 aromatic rings. The minimum atomic E-state index is -5.25. The summed E-state index contributed by atoms with van der Waals surface area (Å²) in [6.45, 7) is 24.6. The van der Waals surface area contributed by atoms with E-state index in [1.807, 2.05) is 40.7 Å². The van der Waals surface area contributed by atoms with E-state index in [4.69, 9.17) is 5.73 Å². The molecule has 0 aliphatic rings. The Bertz CT molecular complexity index is 1140. The highest BCUT2D eigenvalue weighted by Crippen LogP contribution is 2.27. The number of hydrogen-bond donors (Lipinski definition) is 3. The van der Waals surface area contributed by atoms with Crippen molar-refractivity contribution in [2.75, 3.05) is 6.54 Å². The minimum Gasteiger partial charge on any atom is -0.435 e. The highest BCUT2D eigenvalue weighted by molar-refractivity contribution is 7.11. The van der Waals surface area contributed by atoms with Crippen LogP contribution in [0.4, 0.5) is 13.2 Å². The Kier molecular flexibility index (Phi) is 29.3. The third kappa shape index (κ3) is 20.4. The van der Waals surface area contributed by atoms with Gasteiger partial charge in [0.1, 0.15) is 6.04 Å². The fraction of sp³-hybridized carbons (Fsp3) is 0.528. The number of unbranched alkanes of at least 4 members (excludes halogenated alkanes) is 2. The van der Waals surface area contributed by atoms with E-state index < -0.39 is 42.8 Å². The van der Waals surface area contributed by atoms with E-state index in [1.54, 1.807) is 43.5 Å². The summed E-state index contributed by atoms with van der Waals surface area (Å²) in [5.41, 5.74) is 7.40. The molecular formula is C36H58F3N3O4S. The zero-order valence-electron chi connectivity index (χ0n) is 29.8. The standard InChI is InChI=1S/C25H32F3N3O4S.C7H14.2C2H6/c1-6-10-15(5)16(7-2)12-22(35-24(34)25(26,27)28)31-23(33)19(30-21(32)13-29)11-17-14-36-20(9-4)18(17)8-3;1-3-5-7-6-4-2;2*1-2/h6-10,14-15,19,22H,3-4,11-13,29H2,1-2,5H3,(H,30,32)(H,31,33);3,5H,4,6-7H2,1-2H3;2*1-2H3/b10-6-,16-7-;5-3-;;/t15?,19-,22-;;;/m1.../s1. The molecule has 0 spiro atoms. The monoisotopic (exact) mass is 685 g/mol. The van der Waals surface area contributed by atoms with Crippen molar-refractivity contribution >= 4 is 41.3 Å². The van der Waals surface area contributed by atoms with Crippen LogP contribution in [0.2, 0.25) is 0 Å². The molecule has 1 heterocycles. The molecule has 1 unspecified atom stereocenters. The third-order valence-corrected chi connectivity index (χ3v) is 7.24. The Morgan fingerprint density at radius 3 is 2.11 bits per heavy atom. The van der Waals surface area contributed by atoms with Gasteiger partial charge < -0.3 is 21.1 Å². The van der Waals surface area contributed by atoms with E-state index in [9.17, 15) is 27.6 Å². The molecule has 3 atom stereocenters. The van der Waals surface area contributed by atoms with Gasteiger partial charge in [-0.2, -0.15) is 13.2 Å². The molecule has 268 valence electrons. The molecule has 1 aromatic heterocycles. The molecule has 0 bridgehead atoms. The molecule has 1 rings (SSSR count). The van der Waals surface area contributed by atoms with Gasteiger partial charge in [0.2, 0.25) is 11.8 Å². The number of thiophene rings is 1. The van der Waals surface area contributed by atoms with Gasteiger partial charge in [-0.3, -0.25) is 9.59 Å². The lowest BCUT2D eigenvalue weighted by atomic mass is 9.96. The molecule has 0 fully saturated rings. The van der Waals surface area contributed by atoms with Gasteiger partial charge in [-0.25, -0.2) is 4.79 Å². The first-order valence-electron chi connectivity index (χ1n) is 16.1. The quantitative estimate of drug-likeness (QED) is 0.0697. The first-order valence-corrected chi connectivity index (χ1v) is 17.0. The third-order valence-electron chi connectivity index (χ3n) is 6.19. The topological polar surface area (TPSA) is 111 Å². The normalized spacial score (nSPS) is 13.0. The summed E-state index contributed by atoms with van der Waals surface area (Å²) in [4.78, 5) is 37.6. The predicted molar refractivity (Wildman–Crippen MR) is 193 cm³/mol. The Labute approximate surface area is 285 Å². The highest BCUT2D eigenvalue weighted by Gasteiger charge is 2.43. The second kappa shape index (κ2) is 28.8. The number of alkyl halides is 3. The SMILES string of the molecule is C/C=C\CCCC.C=Cc1scc(C[C@@H](NC(=O)CN)C(=O)N[C@@H](C/C(=C/C)C(C)/C=C\C)OC(=O)C(F)(F)F)c1C=C.CC.CC. The zero-order chi connectivity index (χ0) is 37.0. The van der Waals surface area contributed by atoms with E-state index in [1.165, 1.54) is 30.6 Å². The summed E-state index contributed by atoms with van der Waals surface area (Å²) in [5.74, 6) is -4.11. The van der Waals surface area contributed by atoms with Crippen LogP contribution in [0.3, 0.4) is 0 Å². The summed E-state index contributed by atoms with van der Waals surface area (Å²) >= 11 is 1.36. The van der Waals surface area contributed by atoms with Crippen LogP contribution in [0.15, 0.2) is 54.5 Å². The van der Waals surface area contributed by atoms with Crippen molar-refractivity contribution in [3.63, 3.8) is 0 Å². The highest BCUT2D eigenvalue weighted by atomic mass is 32.1. The smallest absolute Gasteiger partial charge is 0.435 e. The van der Waals surface area contributed by atoms with Gasteiger partial charge in [0.25, 0.3) is 0 Å². The fourth-order valence-corrected chi connectivity index (χ4v) is 4.84. The summed E-state index contributed by atoms with van der Waals surface area (Å²) in [6.07, 6.45) is 9.61. The Balaban J connectivity index is -0.00000153. The number of allylic oxidation sites excluding steroid dienone is 5. The van der Waals surface area contributed by atoms with Gasteiger partial charge in [0, 0.05) is 17.7 Å². The lowest BCUT2D eigenvalue weighted by Gasteiger charge is -2.26. The van der Waals surface area contributed by atoms with Crippen molar-refractivity contribution in [3.8, 4) is 0 Å². The van der Waals surface area contributed by atoms with Gasteiger partial charge in [-0.05, 0) is 49.6 Å². The molecule has 0 saturated heterocycles. The van der Waals surface area contributed by atoms with Gasteiger partial charge in [0.05, 0.1) is 6.54 Å². The number of ether oxygens (including phenoxy) is 1. The average Bonchev–Trinajstić information content (AvgIpc) is 3.46. The number of esters is 1. The molecule has 4 N–H and O–H groups in total. The second-order valence-electron chi connectivity index (χ2n) is 9.47. The van der Waals surface area contributed by atoms with E-state index in [2.05, 4.69) is 54.5 Å². The Morgan fingerprint density at radius 1 is 1.04 bits per heavy atom.